The van der Waals surface area contributed by atoms with Crippen LogP contribution in [0, 0.1) is 0 Å². The molecule has 0 radical (unpaired) electrons. The van der Waals surface area contributed by atoms with Gasteiger partial charge in [-0.3, -0.25) is 19.1 Å². The smallest absolute Gasteiger partial charge is 0.416 e. The summed E-state index contributed by atoms with van der Waals surface area (Å²) in [5.74, 6) is -0.837. The molecule has 0 aliphatic rings. The van der Waals surface area contributed by atoms with Crippen molar-refractivity contribution in [1.29, 1.82) is 0 Å². The number of benzene rings is 1. The molecule has 3 aromatic rings. The fraction of sp³-hybridized carbons (Fsp3) is 0.167. The summed E-state index contributed by atoms with van der Waals surface area (Å²) in [5.41, 5.74) is -1.79. The molecular formula is C18H13F3N4O3. The number of pyridine rings is 1. The van der Waals surface area contributed by atoms with Gasteiger partial charge in [0.25, 0.3) is 5.56 Å². The third-order valence-corrected chi connectivity index (χ3v) is 3.98. The van der Waals surface area contributed by atoms with Gasteiger partial charge in [-0.2, -0.15) is 13.2 Å². The summed E-state index contributed by atoms with van der Waals surface area (Å²) in [6.07, 6.45) is -1.79. The molecule has 1 aromatic carbocycles. The third kappa shape index (κ3) is 3.48. The summed E-state index contributed by atoms with van der Waals surface area (Å²) < 4.78 is 44.8. The first kappa shape index (κ1) is 19.2. The summed E-state index contributed by atoms with van der Waals surface area (Å²) in [5, 5.41) is 7.57. The Hall–Kier alpha value is -3.56. The van der Waals surface area contributed by atoms with Crippen LogP contribution in [-0.2, 0) is 13.2 Å². The molecule has 0 spiro atoms. The van der Waals surface area contributed by atoms with Gasteiger partial charge in [-0.1, -0.05) is 0 Å². The van der Waals surface area contributed by atoms with E-state index >= 15 is 0 Å². The number of nitrogens with zero attached hydrogens (tertiary/aromatic N) is 4. The number of hydrogen-bond acceptors (Lipinski definition) is 6. The molecule has 0 bridgehead atoms. The number of alkyl halides is 3. The number of ketones is 1. The lowest BCUT2D eigenvalue weighted by molar-refractivity contribution is -0.137. The lowest BCUT2D eigenvalue weighted by Crippen LogP contribution is -2.29. The summed E-state index contributed by atoms with van der Waals surface area (Å²) in [7, 11) is 2.54. The van der Waals surface area contributed by atoms with E-state index in [1.807, 2.05) is 0 Å². The van der Waals surface area contributed by atoms with E-state index in [-0.39, 0.29) is 22.7 Å². The topological polar surface area (TPSA) is 87.0 Å². The summed E-state index contributed by atoms with van der Waals surface area (Å²) in [4.78, 5) is 28.9. The van der Waals surface area contributed by atoms with Crippen molar-refractivity contribution in [2.75, 3.05) is 7.11 Å². The van der Waals surface area contributed by atoms with E-state index < -0.39 is 28.8 Å². The highest BCUT2D eigenvalue weighted by Gasteiger charge is 2.32. The Labute approximate surface area is 156 Å². The Morgan fingerprint density at radius 1 is 1.18 bits per heavy atom. The molecule has 28 heavy (non-hydrogen) atoms. The van der Waals surface area contributed by atoms with Gasteiger partial charge in [0.1, 0.15) is 5.75 Å². The number of halogens is 3. The number of rotatable bonds is 4. The lowest BCUT2D eigenvalue weighted by atomic mass is 10.1. The van der Waals surface area contributed by atoms with E-state index in [1.54, 1.807) is 0 Å². The first-order valence-electron chi connectivity index (χ1n) is 7.88. The number of aromatic nitrogens is 4. The molecule has 0 saturated carbocycles. The molecule has 2 heterocycles. The highest BCUT2D eigenvalue weighted by atomic mass is 19.4. The summed E-state index contributed by atoms with van der Waals surface area (Å²) >= 11 is 0. The van der Waals surface area contributed by atoms with Crippen molar-refractivity contribution in [2.24, 2.45) is 7.05 Å². The van der Waals surface area contributed by atoms with Crippen LogP contribution in [0.25, 0.3) is 11.4 Å². The minimum absolute atomic E-state index is 0.0432. The molecule has 0 fully saturated rings. The molecule has 0 saturated heterocycles. The van der Waals surface area contributed by atoms with Gasteiger partial charge in [0.15, 0.2) is 11.5 Å². The molecule has 0 amide bonds. The maximum Gasteiger partial charge on any atom is 0.416 e. The molecular weight excluding hydrogens is 377 g/mol. The standard InChI is InChI=1S/C18H13F3N4O3/c1-25-16(12-6-5-11(18(19,20)21)8-13(12)28-2)24-23-14(17(25)27)15(26)10-4-3-7-22-9-10/h3-9H,1-2H3. The maximum atomic E-state index is 12.9. The largest absolute Gasteiger partial charge is 0.496 e. The number of methoxy groups -OCH3 is 1. The molecule has 2 aromatic heterocycles. The third-order valence-electron chi connectivity index (χ3n) is 3.98. The minimum atomic E-state index is -4.55. The maximum absolute atomic E-state index is 12.9. The Balaban J connectivity index is 2.09. The van der Waals surface area contributed by atoms with E-state index in [0.29, 0.717) is 0 Å². The molecule has 0 unspecified atom stereocenters. The van der Waals surface area contributed by atoms with Crippen LogP contribution in [0.4, 0.5) is 13.2 Å². The van der Waals surface area contributed by atoms with Gasteiger partial charge >= 0.3 is 6.18 Å². The Morgan fingerprint density at radius 2 is 1.93 bits per heavy atom. The van der Waals surface area contributed by atoms with E-state index in [4.69, 9.17) is 4.74 Å². The molecule has 3 rings (SSSR count). The van der Waals surface area contributed by atoms with Gasteiger partial charge in [-0.25, -0.2) is 0 Å². The van der Waals surface area contributed by atoms with Gasteiger partial charge in [-0.15, -0.1) is 10.2 Å². The zero-order valence-corrected chi connectivity index (χ0v) is 14.7. The fourth-order valence-corrected chi connectivity index (χ4v) is 2.53. The van der Waals surface area contributed by atoms with Gasteiger partial charge in [0.05, 0.1) is 18.2 Å². The van der Waals surface area contributed by atoms with E-state index in [1.165, 1.54) is 38.7 Å². The number of carbonyl (C=O) groups is 1. The highest BCUT2D eigenvalue weighted by molar-refractivity contribution is 6.07. The quantitative estimate of drug-likeness (QED) is 0.636. The van der Waals surface area contributed by atoms with Crippen molar-refractivity contribution in [3.05, 3.63) is 69.9 Å². The number of carbonyl (C=O) groups excluding carboxylic acids is 1. The van der Waals surface area contributed by atoms with Crippen LogP contribution in [-0.4, -0.2) is 32.6 Å². The highest BCUT2D eigenvalue weighted by Crippen LogP contribution is 2.36. The Bertz CT molecular complexity index is 1100. The second kappa shape index (κ2) is 7.22. The summed E-state index contributed by atoms with van der Waals surface area (Å²) in [6.45, 7) is 0. The van der Waals surface area contributed by atoms with Crippen molar-refractivity contribution in [3.63, 3.8) is 0 Å². The average Bonchev–Trinajstić information content (AvgIpc) is 2.69. The molecule has 0 atom stereocenters. The van der Waals surface area contributed by atoms with Gasteiger partial charge in [0, 0.05) is 25.0 Å². The second-order valence-electron chi connectivity index (χ2n) is 5.72. The van der Waals surface area contributed by atoms with Gasteiger partial charge in [0.2, 0.25) is 5.78 Å². The predicted octanol–water partition coefficient (Wildman–Crippen LogP) is 2.50. The first-order valence-corrected chi connectivity index (χ1v) is 7.88. The van der Waals surface area contributed by atoms with Crippen LogP contribution < -0.4 is 10.3 Å². The average molecular weight is 390 g/mol. The van der Waals surface area contributed by atoms with Crippen molar-refractivity contribution in [2.45, 2.75) is 6.18 Å². The van der Waals surface area contributed by atoms with Crippen LogP contribution in [0.15, 0.2) is 47.5 Å². The van der Waals surface area contributed by atoms with Crippen LogP contribution in [0.3, 0.4) is 0 Å². The molecule has 0 N–H and O–H groups in total. The van der Waals surface area contributed by atoms with Crippen LogP contribution >= 0.6 is 0 Å². The van der Waals surface area contributed by atoms with Crippen molar-refractivity contribution in [1.82, 2.24) is 19.7 Å². The van der Waals surface area contributed by atoms with Crippen molar-refractivity contribution >= 4 is 5.78 Å². The van der Waals surface area contributed by atoms with Crippen LogP contribution in [0.2, 0.25) is 0 Å². The van der Waals surface area contributed by atoms with E-state index in [9.17, 15) is 22.8 Å². The monoisotopic (exact) mass is 390 g/mol. The zero-order valence-electron chi connectivity index (χ0n) is 14.7. The molecule has 10 heteroatoms. The molecule has 7 nitrogen and oxygen atoms in total. The number of hydrogen-bond donors (Lipinski definition) is 0. The Morgan fingerprint density at radius 3 is 2.54 bits per heavy atom. The van der Waals surface area contributed by atoms with Crippen LogP contribution in [0.1, 0.15) is 21.6 Å². The SMILES string of the molecule is COc1cc(C(F)(F)F)ccc1-c1nnc(C(=O)c2cccnc2)c(=O)n1C. The minimum Gasteiger partial charge on any atom is -0.496 e. The van der Waals surface area contributed by atoms with E-state index in [2.05, 4.69) is 15.2 Å². The van der Waals surface area contributed by atoms with Gasteiger partial charge in [-0.05, 0) is 30.3 Å². The molecule has 144 valence electrons. The Kier molecular flexibility index (Phi) is 4.95. The summed E-state index contributed by atoms with van der Waals surface area (Å²) in [6, 6.07) is 5.79. The first-order chi connectivity index (χ1) is 13.2. The lowest BCUT2D eigenvalue weighted by Gasteiger charge is -2.14. The molecule has 0 aliphatic heterocycles. The fourth-order valence-electron chi connectivity index (χ4n) is 2.53. The number of ether oxygens (including phenoxy) is 1. The van der Waals surface area contributed by atoms with Gasteiger partial charge < -0.3 is 4.74 Å². The normalized spacial score (nSPS) is 11.3. The van der Waals surface area contributed by atoms with Crippen molar-refractivity contribution in [3.8, 4) is 17.1 Å². The second-order valence-corrected chi connectivity index (χ2v) is 5.72. The van der Waals surface area contributed by atoms with Crippen LogP contribution in [0.5, 0.6) is 5.75 Å². The zero-order chi connectivity index (χ0) is 20.5. The van der Waals surface area contributed by atoms with E-state index in [0.717, 1.165) is 22.8 Å². The van der Waals surface area contributed by atoms with Crippen molar-refractivity contribution < 1.29 is 22.7 Å². The predicted molar refractivity (Wildman–Crippen MR) is 91.9 cm³/mol. The molecule has 0 aliphatic carbocycles.